The molecule has 0 unspecified atom stereocenters. The van der Waals surface area contributed by atoms with E-state index in [0.717, 1.165) is 4.34 Å². The van der Waals surface area contributed by atoms with Crippen LogP contribution in [0.25, 0.3) is 0 Å². The predicted octanol–water partition coefficient (Wildman–Crippen LogP) is 0.547. The Morgan fingerprint density at radius 3 is 3.31 bits per heavy atom. The highest BCUT2D eigenvalue weighted by molar-refractivity contribution is 8.01. The molecule has 0 radical (unpaired) electrons. The molecule has 0 aliphatic heterocycles. The second-order valence-electron chi connectivity index (χ2n) is 1.99. The Kier molecular flexibility index (Phi) is 4.76. The van der Waals surface area contributed by atoms with Gasteiger partial charge in [0.25, 0.3) is 0 Å². The van der Waals surface area contributed by atoms with Crippen LogP contribution >= 0.6 is 23.1 Å². The van der Waals surface area contributed by atoms with Crippen molar-refractivity contribution in [2.45, 2.75) is 10.8 Å². The van der Waals surface area contributed by atoms with Crippen molar-refractivity contribution in [3.8, 4) is 0 Å². The quantitative estimate of drug-likeness (QED) is 0.428. The summed E-state index contributed by atoms with van der Waals surface area (Å²) in [4.78, 5) is 19.1. The molecule has 1 aromatic rings. The van der Waals surface area contributed by atoms with E-state index in [1.54, 1.807) is 17.5 Å². The minimum Gasteiger partial charge on any atom is -0.356 e. The van der Waals surface area contributed by atoms with Gasteiger partial charge in [0.2, 0.25) is 0 Å². The lowest BCUT2D eigenvalue weighted by Crippen LogP contribution is -2.26. The van der Waals surface area contributed by atoms with Crippen molar-refractivity contribution in [1.82, 2.24) is 10.6 Å². The maximum atomic E-state index is 10.8. The van der Waals surface area contributed by atoms with Gasteiger partial charge in [0.15, 0.2) is 0 Å². The van der Waals surface area contributed by atoms with Crippen molar-refractivity contribution in [3.63, 3.8) is 0 Å². The number of hydrogen-bond acceptors (Lipinski definition) is 7. The van der Waals surface area contributed by atoms with E-state index < -0.39 is 0 Å². The van der Waals surface area contributed by atoms with Gasteiger partial charge in [0.1, 0.15) is 4.34 Å². The highest BCUT2D eigenvalue weighted by atomic mass is 32.2. The van der Waals surface area contributed by atoms with Crippen LogP contribution in [0.5, 0.6) is 0 Å². The molecule has 7 heteroatoms. The molecule has 0 atom stereocenters. The van der Waals surface area contributed by atoms with Crippen LogP contribution in [-0.4, -0.2) is 16.7 Å². The van der Waals surface area contributed by atoms with Crippen molar-refractivity contribution in [2.75, 3.05) is 5.75 Å². The first-order valence-corrected chi connectivity index (χ1v) is 5.37. The second kappa shape index (κ2) is 5.92. The smallest absolute Gasteiger partial charge is 0.327 e. The second-order valence-corrected chi connectivity index (χ2v) is 4.23. The van der Waals surface area contributed by atoms with Crippen LogP contribution in [0.1, 0.15) is 6.42 Å². The molecule has 13 heavy (non-hydrogen) atoms. The number of nitrogens with zero attached hydrogens (tertiary/aromatic N) is 1. The molecule has 1 heterocycles. The lowest BCUT2D eigenvalue weighted by atomic mass is 10.5. The number of nitrogens with one attached hydrogen (secondary N) is 1. The normalized spacial score (nSPS) is 9.92. The topological polar surface area (TPSA) is 77.2 Å². The first-order chi connectivity index (χ1) is 6.33. The van der Waals surface area contributed by atoms with Crippen molar-refractivity contribution < 1.29 is 9.63 Å². The van der Waals surface area contributed by atoms with Gasteiger partial charge in [0.05, 0.1) is 6.42 Å². The first kappa shape index (κ1) is 10.5. The summed E-state index contributed by atoms with van der Waals surface area (Å²) >= 11 is 3.07. The molecule has 0 fully saturated rings. The van der Waals surface area contributed by atoms with Crippen LogP contribution in [-0.2, 0) is 9.63 Å². The van der Waals surface area contributed by atoms with E-state index in [0.29, 0.717) is 12.2 Å². The van der Waals surface area contributed by atoms with Crippen molar-refractivity contribution in [2.24, 2.45) is 5.84 Å². The highest BCUT2D eigenvalue weighted by Gasteiger charge is 2.03. The Bertz CT molecular complexity index is 252. The van der Waals surface area contributed by atoms with Crippen LogP contribution in [0.3, 0.4) is 0 Å². The van der Waals surface area contributed by atoms with E-state index in [2.05, 4.69) is 9.82 Å². The fourth-order valence-corrected chi connectivity index (χ4v) is 2.25. The van der Waals surface area contributed by atoms with Gasteiger partial charge in [-0.2, -0.15) is 0 Å². The lowest BCUT2D eigenvalue weighted by Gasteiger charge is -1.98. The fourth-order valence-electron chi connectivity index (χ4n) is 0.620. The zero-order chi connectivity index (χ0) is 9.52. The molecule has 0 aliphatic carbocycles. The van der Waals surface area contributed by atoms with Gasteiger partial charge in [-0.05, 0) is 0 Å². The molecular formula is C6H9N3O2S2. The molecule has 0 amide bonds. The monoisotopic (exact) mass is 219 g/mol. The Morgan fingerprint density at radius 2 is 2.69 bits per heavy atom. The Labute approximate surface area is 83.6 Å². The number of aromatic nitrogens is 1. The molecule has 0 saturated carbocycles. The highest BCUT2D eigenvalue weighted by Crippen LogP contribution is 2.20. The van der Waals surface area contributed by atoms with Gasteiger partial charge in [-0.3, -0.25) is 4.79 Å². The average molecular weight is 219 g/mol. The van der Waals surface area contributed by atoms with Crippen molar-refractivity contribution >= 4 is 29.1 Å². The van der Waals surface area contributed by atoms with Gasteiger partial charge < -0.3 is 4.84 Å². The van der Waals surface area contributed by atoms with Crippen LogP contribution in [0, 0.1) is 0 Å². The number of nitrogens with two attached hydrogens (primary N) is 1. The van der Waals surface area contributed by atoms with Gasteiger partial charge in [-0.1, -0.05) is 17.4 Å². The van der Waals surface area contributed by atoms with Crippen LogP contribution in [0.4, 0.5) is 0 Å². The number of thiazole rings is 1. The number of thioether (sulfide) groups is 1. The number of carbonyl (C=O) groups is 1. The van der Waals surface area contributed by atoms with Gasteiger partial charge in [-0.15, -0.1) is 11.3 Å². The summed E-state index contributed by atoms with van der Waals surface area (Å²) in [5.74, 6) is 5.06. The maximum Gasteiger partial charge on any atom is 0.327 e. The Balaban J connectivity index is 2.11. The molecule has 3 N–H and O–H groups in total. The summed E-state index contributed by atoms with van der Waals surface area (Å²) in [5.41, 5.74) is 1.84. The number of hydrazine groups is 1. The molecule has 0 saturated heterocycles. The summed E-state index contributed by atoms with van der Waals surface area (Å²) in [6.45, 7) is 0. The molecule has 5 nitrogen and oxygen atoms in total. The zero-order valence-electron chi connectivity index (χ0n) is 6.73. The summed E-state index contributed by atoms with van der Waals surface area (Å²) in [6.07, 6.45) is 2.04. The van der Waals surface area contributed by atoms with E-state index in [1.807, 2.05) is 11.0 Å². The molecule has 1 aromatic heterocycles. The first-order valence-electron chi connectivity index (χ1n) is 3.50. The summed E-state index contributed by atoms with van der Waals surface area (Å²) < 4.78 is 0.952. The molecular weight excluding hydrogens is 210 g/mol. The number of hydrogen-bond donors (Lipinski definition) is 2. The van der Waals surface area contributed by atoms with E-state index in [4.69, 9.17) is 5.84 Å². The van der Waals surface area contributed by atoms with Crippen LogP contribution in [0.2, 0.25) is 0 Å². The molecule has 0 spiro atoms. The Hall–Kier alpha value is -0.630. The van der Waals surface area contributed by atoms with E-state index >= 15 is 0 Å². The summed E-state index contributed by atoms with van der Waals surface area (Å²) in [7, 11) is 0. The minimum absolute atomic E-state index is 0.314. The Morgan fingerprint density at radius 1 is 1.85 bits per heavy atom. The fraction of sp³-hybridized carbons (Fsp3) is 0.333. The van der Waals surface area contributed by atoms with Crippen molar-refractivity contribution in [1.29, 1.82) is 0 Å². The average Bonchev–Trinajstić information content (AvgIpc) is 2.57. The van der Waals surface area contributed by atoms with Gasteiger partial charge >= 0.3 is 5.97 Å². The van der Waals surface area contributed by atoms with Gasteiger partial charge in [-0.25, -0.2) is 10.8 Å². The largest absolute Gasteiger partial charge is 0.356 e. The molecule has 0 aromatic carbocycles. The lowest BCUT2D eigenvalue weighted by molar-refractivity contribution is -0.150. The number of rotatable bonds is 5. The van der Waals surface area contributed by atoms with E-state index in [-0.39, 0.29) is 5.97 Å². The standard InChI is InChI=1S/C6H9N3O2S2/c7-9-11-5(10)1-3-12-6-8-2-4-13-6/h2,4,9H,1,3,7H2. The van der Waals surface area contributed by atoms with E-state index in [1.165, 1.54) is 11.8 Å². The summed E-state index contributed by atoms with van der Waals surface area (Å²) in [6, 6.07) is 0. The molecule has 0 bridgehead atoms. The van der Waals surface area contributed by atoms with Crippen LogP contribution in [0.15, 0.2) is 15.9 Å². The third-order valence-corrected chi connectivity index (χ3v) is 3.08. The molecule has 0 aliphatic rings. The maximum absolute atomic E-state index is 10.8. The van der Waals surface area contributed by atoms with Crippen LogP contribution < -0.4 is 11.4 Å². The minimum atomic E-state index is -0.369. The predicted molar refractivity (Wildman–Crippen MR) is 50.9 cm³/mol. The third-order valence-electron chi connectivity index (χ3n) is 1.11. The SMILES string of the molecule is NNOC(=O)CCSc1nccs1. The van der Waals surface area contributed by atoms with E-state index in [9.17, 15) is 4.79 Å². The summed E-state index contributed by atoms with van der Waals surface area (Å²) in [5, 5.41) is 1.89. The third kappa shape index (κ3) is 4.23. The zero-order valence-corrected chi connectivity index (χ0v) is 8.36. The van der Waals surface area contributed by atoms with Gasteiger partial charge in [0, 0.05) is 17.3 Å². The molecule has 72 valence electrons. The van der Waals surface area contributed by atoms with Crippen molar-refractivity contribution in [3.05, 3.63) is 11.6 Å². The number of carbonyl (C=O) groups excluding carboxylic acids is 1. The molecule has 1 rings (SSSR count).